The molecular formula is C38H44N4O2S2. The molecule has 0 aliphatic rings. The average Bonchev–Trinajstić information content (AvgIpc) is 2.97. The van der Waals surface area contributed by atoms with Crippen LogP contribution in [0.1, 0.15) is 63.8 Å². The Bertz CT molecular complexity index is 1600. The molecule has 0 spiro atoms. The van der Waals surface area contributed by atoms with Gasteiger partial charge < -0.3 is 31.5 Å². The van der Waals surface area contributed by atoms with Gasteiger partial charge in [0.2, 0.25) is 0 Å². The van der Waals surface area contributed by atoms with Crippen molar-refractivity contribution in [3.05, 3.63) is 119 Å². The maximum Gasteiger partial charge on any atom is 0.175 e. The van der Waals surface area contributed by atoms with Crippen LogP contribution < -0.4 is 21.3 Å². The minimum absolute atomic E-state index is 0.110. The molecule has 240 valence electrons. The molecule has 0 amide bonds. The first kappa shape index (κ1) is 34.5. The summed E-state index contributed by atoms with van der Waals surface area (Å²) in [6.07, 6.45) is 0.804. The van der Waals surface area contributed by atoms with Crippen LogP contribution in [0.2, 0.25) is 0 Å². The van der Waals surface area contributed by atoms with E-state index in [1.54, 1.807) is 0 Å². The van der Waals surface area contributed by atoms with Crippen molar-refractivity contribution in [1.29, 1.82) is 0 Å². The first-order valence-corrected chi connectivity index (χ1v) is 16.1. The van der Waals surface area contributed by atoms with Crippen LogP contribution in [0.25, 0.3) is 0 Å². The molecule has 8 heteroatoms. The monoisotopic (exact) mass is 652 g/mol. The lowest BCUT2D eigenvalue weighted by Crippen LogP contribution is -2.20. The van der Waals surface area contributed by atoms with E-state index < -0.39 is 0 Å². The molecule has 4 rings (SSSR count). The van der Waals surface area contributed by atoms with Gasteiger partial charge in [-0.1, -0.05) is 102 Å². The van der Waals surface area contributed by atoms with Crippen molar-refractivity contribution >= 4 is 57.4 Å². The van der Waals surface area contributed by atoms with Gasteiger partial charge in [0.15, 0.2) is 10.2 Å². The fraction of sp³-hybridized carbons (Fsp3) is 0.263. The van der Waals surface area contributed by atoms with Gasteiger partial charge in [-0.2, -0.15) is 0 Å². The highest BCUT2D eigenvalue weighted by Gasteiger charge is 2.22. The summed E-state index contributed by atoms with van der Waals surface area (Å²) in [6.45, 7) is 17.1. The quantitative estimate of drug-likeness (QED) is 0.0637. The van der Waals surface area contributed by atoms with Crippen LogP contribution >= 0.6 is 24.4 Å². The van der Waals surface area contributed by atoms with Crippen LogP contribution in [0.4, 0.5) is 22.7 Å². The molecule has 0 radical (unpaired) electrons. The molecule has 0 aliphatic carbocycles. The first-order valence-electron chi connectivity index (χ1n) is 15.3. The number of anilines is 4. The Labute approximate surface area is 284 Å². The van der Waals surface area contributed by atoms with Crippen molar-refractivity contribution in [3.63, 3.8) is 0 Å². The van der Waals surface area contributed by atoms with E-state index in [9.17, 15) is 10.2 Å². The molecule has 0 bridgehead atoms. The molecule has 0 saturated carbocycles. The van der Waals surface area contributed by atoms with Gasteiger partial charge in [0.05, 0.1) is 11.4 Å². The third-order valence-corrected chi connectivity index (χ3v) is 7.96. The molecule has 46 heavy (non-hydrogen) atoms. The number of para-hydroxylation sites is 2. The SMILES string of the molecule is C=C(Cc1cc(C(C)(C)C)cc(NC(=S)Nc2ccccc2)c1O)Cc1cc(C(C)(C)C)cc(NC(=S)Nc2ccccc2)c1O. The highest BCUT2D eigenvalue weighted by atomic mass is 32.1. The minimum Gasteiger partial charge on any atom is -0.505 e. The maximum atomic E-state index is 11.4. The van der Waals surface area contributed by atoms with Crippen molar-refractivity contribution in [2.75, 3.05) is 21.3 Å². The predicted octanol–water partition coefficient (Wildman–Crippen LogP) is 9.65. The van der Waals surface area contributed by atoms with E-state index in [0.29, 0.717) is 34.4 Å². The summed E-state index contributed by atoms with van der Waals surface area (Å²) in [4.78, 5) is 0. The van der Waals surface area contributed by atoms with Crippen LogP contribution in [-0.4, -0.2) is 20.4 Å². The summed E-state index contributed by atoms with van der Waals surface area (Å²) in [5, 5.41) is 36.3. The number of phenols is 2. The Kier molecular flexibility index (Phi) is 10.8. The molecule has 0 atom stereocenters. The van der Waals surface area contributed by atoms with E-state index in [2.05, 4.69) is 69.4 Å². The number of phenolic OH excluding ortho intramolecular Hbond substituents is 2. The molecule has 0 aromatic heterocycles. The van der Waals surface area contributed by atoms with Gasteiger partial charge in [-0.05, 0) is 95.6 Å². The summed E-state index contributed by atoms with van der Waals surface area (Å²) in [5.74, 6) is 0.220. The van der Waals surface area contributed by atoms with Gasteiger partial charge >= 0.3 is 0 Å². The smallest absolute Gasteiger partial charge is 0.175 e. The van der Waals surface area contributed by atoms with Gasteiger partial charge in [-0.25, -0.2) is 0 Å². The lowest BCUT2D eigenvalue weighted by atomic mass is 9.83. The zero-order valence-electron chi connectivity index (χ0n) is 27.4. The number of hydrogen-bond donors (Lipinski definition) is 6. The Hall–Kier alpha value is -4.40. The van der Waals surface area contributed by atoms with E-state index in [-0.39, 0.29) is 22.3 Å². The number of nitrogens with one attached hydrogen (secondary N) is 4. The second-order valence-corrected chi connectivity index (χ2v) is 14.4. The van der Waals surface area contributed by atoms with E-state index in [1.807, 2.05) is 84.9 Å². The Morgan fingerprint density at radius 1 is 0.587 bits per heavy atom. The number of hydrogen-bond acceptors (Lipinski definition) is 4. The van der Waals surface area contributed by atoms with Crippen LogP contribution in [0, 0.1) is 0 Å². The molecule has 6 N–H and O–H groups in total. The van der Waals surface area contributed by atoms with Gasteiger partial charge in [-0.15, -0.1) is 0 Å². The van der Waals surface area contributed by atoms with E-state index in [0.717, 1.165) is 39.2 Å². The van der Waals surface area contributed by atoms with Gasteiger partial charge in [0.25, 0.3) is 0 Å². The van der Waals surface area contributed by atoms with Crippen LogP contribution in [0.3, 0.4) is 0 Å². The topological polar surface area (TPSA) is 88.6 Å². The molecule has 0 heterocycles. The average molecular weight is 653 g/mol. The third kappa shape index (κ3) is 9.31. The molecule has 4 aromatic carbocycles. The zero-order valence-corrected chi connectivity index (χ0v) is 29.0. The second kappa shape index (κ2) is 14.4. The second-order valence-electron chi connectivity index (χ2n) is 13.6. The first-order chi connectivity index (χ1) is 21.6. The van der Waals surface area contributed by atoms with E-state index in [4.69, 9.17) is 24.4 Å². The van der Waals surface area contributed by atoms with Gasteiger partial charge in [0.1, 0.15) is 11.5 Å². The van der Waals surface area contributed by atoms with Crippen LogP contribution in [0.15, 0.2) is 97.1 Å². The Morgan fingerprint density at radius 2 is 0.935 bits per heavy atom. The minimum atomic E-state index is -0.180. The number of benzene rings is 4. The zero-order chi connectivity index (χ0) is 33.6. The van der Waals surface area contributed by atoms with Crippen molar-refractivity contribution < 1.29 is 10.2 Å². The molecule has 6 nitrogen and oxygen atoms in total. The lowest BCUT2D eigenvalue weighted by Gasteiger charge is -2.24. The standard InChI is InChI=1S/C38H44N4O2S2/c1-24(18-25-20-27(37(2,3)4)22-31(33(25)43)41-35(45)39-29-14-10-8-11-15-29)19-26-21-28(38(5,6)7)23-32(34(26)44)42-36(46)40-30-16-12-9-13-17-30/h8-17,20-23,43-44H,1,18-19H2,2-7H3,(H2,39,41,45)(H2,40,42,46). The third-order valence-electron chi connectivity index (χ3n) is 7.55. The Morgan fingerprint density at radius 3 is 1.26 bits per heavy atom. The largest absolute Gasteiger partial charge is 0.505 e. The number of aromatic hydroxyl groups is 2. The highest BCUT2D eigenvalue weighted by molar-refractivity contribution is 7.81. The van der Waals surface area contributed by atoms with Crippen LogP contribution in [0.5, 0.6) is 11.5 Å². The van der Waals surface area contributed by atoms with Crippen molar-refractivity contribution in [2.45, 2.75) is 65.2 Å². The summed E-state index contributed by atoms with van der Waals surface area (Å²) < 4.78 is 0. The van der Waals surface area contributed by atoms with E-state index in [1.165, 1.54) is 0 Å². The number of rotatable bonds is 8. The maximum absolute atomic E-state index is 11.4. The molecule has 0 aliphatic heterocycles. The summed E-state index contributed by atoms with van der Waals surface area (Å²) in [5.41, 5.74) is 6.74. The highest BCUT2D eigenvalue weighted by Crippen LogP contribution is 2.38. The normalized spacial score (nSPS) is 11.4. The molecule has 4 aromatic rings. The summed E-state index contributed by atoms with van der Waals surface area (Å²) >= 11 is 11.1. The van der Waals surface area contributed by atoms with E-state index >= 15 is 0 Å². The summed E-state index contributed by atoms with van der Waals surface area (Å²) in [7, 11) is 0. The number of allylic oxidation sites excluding steroid dienone is 1. The number of thiocarbonyl (C=S) groups is 2. The lowest BCUT2D eigenvalue weighted by molar-refractivity contribution is 0.469. The van der Waals surface area contributed by atoms with Gasteiger partial charge in [-0.3, -0.25) is 0 Å². The molecule has 0 saturated heterocycles. The fourth-order valence-corrected chi connectivity index (χ4v) is 5.38. The molecule has 0 fully saturated rings. The summed E-state index contributed by atoms with van der Waals surface area (Å²) in [6, 6.07) is 27.2. The fourth-order valence-electron chi connectivity index (χ4n) is 4.93. The van der Waals surface area contributed by atoms with Crippen molar-refractivity contribution in [1.82, 2.24) is 0 Å². The molecular weight excluding hydrogens is 609 g/mol. The van der Waals surface area contributed by atoms with Crippen LogP contribution in [-0.2, 0) is 23.7 Å². The van der Waals surface area contributed by atoms with Gasteiger partial charge in [0, 0.05) is 22.5 Å². The molecule has 0 unspecified atom stereocenters. The predicted molar refractivity (Wildman–Crippen MR) is 203 cm³/mol. The Balaban J connectivity index is 1.59. The van der Waals surface area contributed by atoms with Crippen molar-refractivity contribution in [3.8, 4) is 11.5 Å². The van der Waals surface area contributed by atoms with Crippen molar-refractivity contribution in [2.24, 2.45) is 0 Å².